The molecule has 2 aliphatic rings. The van der Waals surface area contributed by atoms with E-state index in [0.29, 0.717) is 53.1 Å². The summed E-state index contributed by atoms with van der Waals surface area (Å²) < 4.78 is 31.7. The Morgan fingerprint density at radius 1 is 1.11 bits per heavy atom. The average Bonchev–Trinajstić information content (AvgIpc) is 3.33. The van der Waals surface area contributed by atoms with Crippen molar-refractivity contribution in [2.75, 3.05) is 36.1 Å². The van der Waals surface area contributed by atoms with Gasteiger partial charge in [-0.2, -0.15) is 0 Å². The normalized spacial score (nSPS) is 20.9. The summed E-state index contributed by atoms with van der Waals surface area (Å²) in [4.78, 5) is 25.9. The molecule has 0 aromatic carbocycles. The summed E-state index contributed by atoms with van der Waals surface area (Å²) in [6.45, 7) is 3.86. The molecule has 1 aliphatic carbocycles. The zero-order chi connectivity index (χ0) is 25.7. The third-order valence-electron chi connectivity index (χ3n) is 6.53. The molecule has 4 rings (SSSR count). The number of sulfonamides is 1. The SMILES string of the molecule is CCS(=O)(=O)N[C@@H]1CC[C@H](C(=O)Nc2cc(-c3nc(NCC4CCOCC4)cnc3Cl)c(Cl)cn2)C1. The summed E-state index contributed by atoms with van der Waals surface area (Å²) in [6.07, 6.45) is 6.62. The van der Waals surface area contributed by atoms with Gasteiger partial charge in [-0.15, -0.1) is 0 Å². The van der Waals surface area contributed by atoms with Crippen LogP contribution in [0.5, 0.6) is 0 Å². The fourth-order valence-electron chi connectivity index (χ4n) is 4.41. The molecule has 1 saturated heterocycles. The van der Waals surface area contributed by atoms with E-state index in [1.165, 1.54) is 6.20 Å². The molecule has 2 aromatic heterocycles. The van der Waals surface area contributed by atoms with Crippen LogP contribution >= 0.6 is 23.2 Å². The number of ether oxygens (including phenoxy) is 1. The van der Waals surface area contributed by atoms with Crippen molar-refractivity contribution < 1.29 is 17.9 Å². The van der Waals surface area contributed by atoms with E-state index < -0.39 is 10.0 Å². The number of hydrogen-bond acceptors (Lipinski definition) is 8. The molecule has 1 saturated carbocycles. The molecule has 3 N–H and O–H groups in total. The highest BCUT2D eigenvalue weighted by Crippen LogP contribution is 2.33. The largest absolute Gasteiger partial charge is 0.381 e. The molecule has 2 aromatic rings. The molecule has 13 heteroatoms. The van der Waals surface area contributed by atoms with Crippen LogP contribution in [-0.4, -0.2) is 60.8 Å². The number of rotatable bonds is 9. The van der Waals surface area contributed by atoms with Crippen molar-refractivity contribution in [1.29, 1.82) is 0 Å². The second-order valence-electron chi connectivity index (χ2n) is 9.10. The maximum Gasteiger partial charge on any atom is 0.228 e. The minimum absolute atomic E-state index is 0.00947. The minimum atomic E-state index is -3.32. The van der Waals surface area contributed by atoms with Crippen LogP contribution in [0.4, 0.5) is 11.6 Å². The lowest BCUT2D eigenvalue weighted by Gasteiger charge is -2.22. The van der Waals surface area contributed by atoms with E-state index in [1.54, 1.807) is 19.2 Å². The van der Waals surface area contributed by atoms with Crippen molar-refractivity contribution >= 4 is 50.8 Å². The molecule has 2 fully saturated rings. The molecule has 0 unspecified atom stereocenters. The molecule has 1 amide bonds. The van der Waals surface area contributed by atoms with Gasteiger partial charge in [-0.1, -0.05) is 23.2 Å². The Morgan fingerprint density at radius 3 is 2.64 bits per heavy atom. The van der Waals surface area contributed by atoms with E-state index in [4.69, 9.17) is 27.9 Å². The highest BCUT2D eigenvalue weighted by Gasteiger charge is 2.32. The van der Waals surface area contributed by atoms with Crippen LogP contribution < -0.4 is 15.4 Å². The summed E-state index contributed by atoms with van der Waals surface area (Å²) in [5.74, 6) is 0.838. The number of pyridine rings is 1. The Kier molecular flexibility index (Phi) is 9.00. The van der Waals surface area contributed by atoms with Gasteiger partial charge in [0, 0.05) is 43.5 Å². The van der Waals surface area contributed by atoms with Gasteiger partial charge in [0.1, 0.15) is 17.3 Å². The number of nitrogens with one attached hydrogen (secondary N) is 3. The van der Waals surface area contributed by atoms with Crippen molar-refractivity contribution in [3.05, 3.63) is 28.6 Å². The first-order valence-corrected chi connectivity index (χ1v) is 14.5. The zero-order valence-electron chi connectivity index (χ0n) is 20.0. The third kappa shape index (κ3) is 7.04. The molecule has 0 radical (unpaired) electrons. The number of amides is 1. The van der Waals surface area contributed by atoms with Gasteiger partial charge in [-0.05, 0) is 51.0 Å². The predicted octanol–water partition coefficient (Wildman–Crippen LogP) is 3.73. The quantitative estimate of drug-likeness (QED) is 0.425. The van der Waals surface area contributed by atoms with Gasteiger partial charge in [0.2, 0.25) is 15.9 Å². The maximum atomic E-state index is 12.9. The number of carbonyl (C=O) groups excluding carboxylic acids is 1. The molecular formula is C23H30Cl2N6O4S. The fourth-order valence-corrected chi connectivity index (χ4v) is 5.69. The molecule has 36 heavy (non-hydrogen) atoms. The van der Waals surface area contributed by atoms with Crippen LogP contribution in [0, 0.1) is 11.8 Å². The first-order chi connectivity index (χ1) is 17.2. The molecular weight excluding hydrogens is 527 g/mol. The van der Waals surface area contributed by atoms with Gasteiger partial charge in [0.15, 0.2) is 5.15 Å². The van der Waals surface area contributed by atoms with Crippen molar-refractivity contribution in [2.24, 2.45) is 11.8 Å². The third-order valence-corrected chi connectivity index (χ3v) is 8.56. The minimum Gasteiger partial charge on any atom is -0.381 e. The second-order valence-corrected chi connectivity index (χ2v) is 11.9. The lowest BCUT2D eigenvalue weighted by Crippen LogP contribution is -2.34. The van der Waals surface area contributed by atoms with E-state index >= 15 is 0 Å². The molecule has 196 valence electrons. The number of hydrogen-bond donors (Lipinski definition) is 3. The van der Waals surface area contributed by atoms with Gasteiger partial charge in [0.25, 0.3) is 0 Å². The van der Waals surface area contributed by atoms with Crippen molar-refractivity contribution in [3.8, 4) is 11.3 Å². The van der Waals surface area contributed by atoms with E-state index in [9.17, 15) is 13.2 Å². The van der Waals surface area contributed by atoms with Gasteiger partial charge in [-0.25, -0.2) is 28.1 Å². The Morgan fingerprint density at radius 2 is 1.89 bits per heavy atom. The van der Waals surface area contributed by atoms with Crippen molar-refractivity contribution in [3.63, 3.8) is 0 Å². The van der Waals surface area contributed by atoms with Crippen LogP contribution in [0.3, 0.4) is 0 Å². The molecule has 2 atom stereocenters. The molecule has 3 heterocycles. The van der Waals surface area contributed by atoms with Crippen LogP contribution in [0.2, 0.25) is 10.2 Å². The molecule has 0 bridgehead atoms. The lowest BCUT2D eigenvalue weighted by atomic mass is 10.0. The van der Waals surface area contributed by atoms with E-state index in [0.717, 1.165) is 32.6 Å². The van der Waals surface area contributed by atoms with Gasteiger partial charge in [0.05, 0.1) is 17.0 Å². The Bertz CT molecular complexity index is 1190. The fraction of sp³-hybridized carbons (Fsp3) is 0.565. The van der Waals surface area contributed by atoms with Crippen LogP contribution in [0.1, 0.15) is 39.0 Å². The topological polar surface area (TPSA) is 135 Å². The number of nitrogens with zero attached hydrogens (tertiary/aromatic N) is 3. The van der Waals surface area contributed by atoms with E-state index in [-0.39, 0.29) is 28.8 Å². The first kappa shape index (κ1) is 27.0. The summed E-state index contributed by atoms with van der Waals surface area (Å²) in [7, 11) is -3.32. The smallest absolute Gasteiger partial charge is 0.228 e. The molecule has 1 aliphatic heterocycles. The number of anilines is 2. The lowest BCUT2D eigenvalue weighted by molar-refractivity contribution is -0.119. The van der Waals surface area contributed by atoms with Gasteiger partial charge >= 0.3 is 0 Å². The predicted molar refractivity (Wildman–Crippen MR) is 140 cm³/mol. The highest BCUT2D eigenvalue weighted by molar-refractivity contribution is 7.89. The summed E-state index contributed by atoms with van der Waals surface area (Å²) >= 11 is 12.8. The van der Waals surface area contributed by atoms with Gasteiger partial charge in [-0.3, -0.25) is 4.79 Å². The maximum absolute atomic E-state index is 12.9. The number of carbonyl (C=O) groups is 1. The highest BCUT2D eigenvalue weighted by atomic mass is 35.5. The van der Waals surface area contributed by atoms with E-state index in [2.05, 4.69) is 30.3 Å². The van der Waals surface area contributed by atoms with Crippen molar-refractivity contribution in [2.45, 2.75) is 45.1 Å². The summed E-state index contributed by atoms with van der Waals surface area (Å²) in [6, 6.07) is 1.37. The standard InChI is InChI=1S/C23H30Cl2N6O4S/c1-2-36(33,34)31-16-4-3-15(9-16)23(32)30-19-10-17(18(24)12-27-19)21-22(25)28-13-20(29-21)26-11-14-5-7-35-8-6-14/h10,12-16,31H,2-9,11H2,1H3,(H,26,29)(H,27,30,32)/t15-,16+/m0/s1. The Hall–Kier alpha value is -2.05. The van der Waals surface area contributed by atoms with Crippen molar-refractivity contribution in [1.82, 2.24) is 19.7 Å². The first-order valence-electron chi connectivity index (χ1n) is 12.0. The summed E-state index contributed by atoms with van der Waals surface area (Å²) in [5, 5.41) is 6.63. The van der Waals surface area contributed by atoms with Gasteiger partial charge < -0.3 is 15.4 Å². The second kappa shape index (κ2) is 12.0. The van der Waals surface area contributed by atoms with Crippen LogP contribution in [0.25, 0.3) is 11.3 Å². The number of halogens is 2. The molecule has 0 spiro atoms. The monoisotopic (exact) mass is 556 g/mol. The average molecular weight is 558 g/mol. The number of aromatic nitrogens is 3. The van der Waals surface area contributed by atoms with Crippen LogP contribution in [-0.2, 0) is 19.6 Å². The zero-order valence-corrected chi connectivity index (χ0v) is 22.3. The molecule has 10 nitrogen and oxygen atoms in total. The van der Waals surface area contributed by atoms with E-state index in [1.807, 2.05) is 0 Å². The Labute approximate surface area is 221 Å². The van der Waals surface area contributed by atoms with Crippen LogP contribution in [0.15, 0.2) is 18.5 Å². The Balaban J connectivity index is 1.43. The summed E-state index contributed by atoms with van der Waals surface area (Å²) in [5.41, 5.74) is 0.876.